The summed E-state index contributed by atoms with van der Waals surface area (Å²) in [4.78, 5) is 7.09. The molecule has 0 aromatic carbocycles. The topological polar surface area (TPSA) is 0 Å². The van der Waals surface area contributed by atoms with Crippen LogP contribution in [0.5, 0.6) is 0 Å². The number of thioether (sulfide) groups is 1. The van der Waals surface area contributed by atoms with Gasteiger partial charge in [0.2, 0.25) is 0 Å². The van der Waals surface area contributed by atoms with Gasteiger partial charge in [-0.05, 0) is 6.26 Å². The number of hydrogen-bond donors (Lipinski definition) is 0. The van der Waals surface area contributed by atoms with E-state index in [1.807, 2.05) is 11.8 Å². The molecule has 12 heavy (non-hydrogen) atoms. The second-order valence-electron chi connectivity index (χ2n) is 4.22. The molecule has 0 fully saturated rings. The molecule has 0 amide bonds. The summed E-state index contributed by atoms with van der Waals surface area (Å²) in [7, 11) is -0.819. The molecule has 0 rings (SSSR count). The zero-order valence-corrected chi connectivity index (χ0v) is 14.7. The molecule has 0 atom stereocenters. The smallest absolute Gasteiger partial charge is 1.00 e. The quantitative estimate of drug-likeness (QED) is 0.536. The molecule has 0 aliphatic heterocycles. The van der Waals surface area contributed by atoms with Gasteiger partial charge < -0.3 is 11.8 Å². The zero-order chi connectivity index (χ0) is 9.49. The van der Waals surface area contributed by atoms with E-state index in [4.69, 9.17) is 0 Å². The molecule has 0 aromatic heterocycles. The van der Waals surface area contributed by atoms with E-state index in [2.05, 4.69) is 46.1 Å². The first kappa shape index (κ1) is 19.5. The van der Waals surface area contributed by atoms with Gasteiger partial charge in [0, 0.05) is 0 Å². The molecule has 1 radical (unpaired) electrons. The minimum atomic E-state index is -0.819. The standard InChI is InChI=1S/C5H13SSi.3CH3.Li.Sn/c1-6-5-7(2,3)4;;;;;/h5H,1-4H3;3*1H3;;/q-1;;;;+1;. The molecular weight excluding hydrogens is 282 g/mol. The Hall–Kier alpha value is 1.96. The fourth-order valence-corrected chi connectivity index (χ4v) is 3.18. The van der Waals surface area contributed by atoms with Crippen LogP contribution in [-0.2, 0) is 0 Å². The molecular formula is C8H22LiSSiSn. The summed E-state index contributed by atoms with van der Waals surface area (Å²) >= 11 is 1.30. The Bertz CT molecular complexity index is 80.9. The predicted molar refractivity (Wildman–Crippen MR) is 64.5 cm³/mol. The number of rotatable bonds is 2. The van der Waals surface area contributed by atoms with Gasteiger partial charge in [0.25, 0.3) is 0 Å². The van der Waals surface area contributed by atoms with Crippen LogP contribution in [-0.4, -0.2) is 34.1 Å². The normalized spacial score (nSPS) is 10.0. The summed E-state index contributed by atoms with van der Waals surface area (Å²) in [6, 6.07) is 0. The Labute approximate surface area is 104 Å². The predicted octanol–water partition coefficient (Wildman–Crippen LogP) is 0.763. The van der Waals surface area contributed by atoms with Crippen LogP contribution in [0.15, 0.2) is 0 Å². The maximum absolute atomic E-state index is 2.37. The van der Waals surface area contributed by atoms with Crippen molar-refractivity contribution in [2.45, 2.75) is 34.5 Å². The van der Waals surface area contributed by atoms with Crippen LogP contribution in [0.4, 0.5) is 0 Å². The number of hydrogen-bond acceptors (Lipinski definition) is 1. The molecule has 0 nitrogen and oxygen atoms in total. The summed E-state index contributed by atoms with van der Waals surface area (Å²) in [5, 5.41) is 2.37. The van der Waals surface area contributed by atoms with Crippen molar-refractivity contribution < 1.29 is 18.9 Å². The van der Waals surface area contributed by atoms with Crippen molar-refractivity contribution >= 4 is 39.6 Å². The summed E-state index contributed by atoms with van der Waals surface area (Å²) in [6.07, 6.45) is 2.12. The Morgan fingerprint density at radius 3 is 1.33 bits per heavy atom. The van der Waals surface area contributed by atoms with Crippen molar-refractivity contribution in [3.05, 3.63) is 5.38 Å². The fourth-order valence-electron chi connectivity index (χ4n) is 0.354. The van der Waals surface area contributed by atoms with E-state index >= 15 is 0 Å². The maximum atomic E-state index is 2.37. The van der Waals surface area contributed by atoms with Crippen LogP contribution in [0.3, 0.4) is 0 Å². The van der Waals surface area contributed by atoms with Crippen LogP contribution in [0.25, 0.3) is 0 Å². The first-order valence-electron chi connectivity index (χ1n) is 3.93. The van der Waals surface area contributed by atoms with Gasteiger partial charge in [-0.1, -0.05) is 27.7 Å². The summed E-state index contributed by atoms with van der Waals surface area (Å²) in [6.45, 7) is 7.01. The third-order valence-corrected chi connectivity index (χ3v) is 4.24. The maximum Gasteiger partial charge on any atom is 1.00 e. The molecule has 4 heteroatoms. The third-order valence-electron chi connectivity index (χ3n) is 0.471. The van der Waals surface area contributed by atoms with Crippen molar-refractivity contribution in [1.29, 1.82) is 0 Å². The average molecular weight is 304 g/mol. The van der Waals surface area contributed by atoms with Crippen molar-refractivity contribution in [2.24, 2.45) is 0 Å². The van der Waals surface area contributed by atoms with Crippen molar-refractivity contribution in [3.63, 3.8) is 0 Å². The first-order chi connectivity index (χ1) is 4.79. The molecule has 0 heterocycles. The van der Waals surface area contributed by atoms with Gasteiger partial charge in [0.05, 0.1) is 0 Å². The molecule has 0 aromatic rings. The fraction of sp³-hybridized carbons (Fsp3) is 0.875. The third kappa shape index (κ3) is 40.4. The first-order valence-corrected chi connectivity index (χ1v) is 17.4. The van der Waals surface area contributed by atoms with E-state index < -0.39 is 27.8 Å². The zero-order valence-electron chi connectivity index (χ0n) is 9.99. The minimum Gasteiger partial charge on any atom is 1.00 e. The van der Waals surface area contributed by atoms with Gasteiger partial charge >= 0.3 is 53.4 Å². The second kappa shape index (κ2) is 11.0. The van der Waals surface area contributed by atoms with E-state index in [-0.39, 0.29) is 18.9 Å². The summed E-state index contributed by atoms with van der Waals surface area (Å²) in [5.41, 5.74) is 0. The molecule has 0 bridgehead atoms. The van der Waals surface area contributed by atoms with Crippen LogP contribution in [0.1, 0.15) is 0 Å². The van der Waals surface area contributed by atoms with Gasteiger partial charge in [-0.2, -0.15) is 0 Å². The van der Waals surface area contributed by atoms with Gasteiger partial charge in [0.1, 0.15) is 0 Å². The molecule has 0 spiro atoms. The van der Waals surface area contributed by atoms with E-state index in [1.54, 1.807) is 0 Å². The van der Waals surface area contributed by atoms with Crippen LogP contribution in [0.2, 0.25) is 34.5 Å². The van der Waals surface area contributed by atoms with Crippen LogP contribution in [0, 0.1) is 5.38 Å². The van der Waals surface area contributed by atoms with Crippen molar-refractivity contribution in [2.75, 3.05) is 6.26 Å². The molecule has 0 N–H and O–H groups in total. The summed E-state index contributed by atoms with van der Waals surface area (Å²) < 4.78 is 0. The van der Waals surface area contributed by atoms with E-state index in [0.717, 1.165) is 0 Å². The van der Waals surface area contributed by atoms with E-state index in [9.17, 15) is 0 Å². The Morgan fingerprint density at radius 2 is 1.33 bits per heavy atom. The van der Waals surface area contributed by atoms with Gasteiger partial charge in [-0.25, -0.2) is 0 Å². The summed E-state index contributed by atoms with van der Waals surface area (Å²) in [5.74, 6) is 0. The average Bonchev–Trinajstić information content (AvgIpc) is 1.58. The van der Waals surface area contributed by atoms with E-state index in [1.165, 1.54) is 0 Å². The largest absolute Gasteiger partial charge is 1.00 e. The van der Waals surface area contributed by atoms with Crippen molar-refractivity contribution in [1.82, 2.24) is 0 Å². The SMILES string of the molecule is CS[CH-][Si](C)(C)C.[CH3][Sn]([CH3])[CH3].[Li+]. The van der Waals surface area contributed by atoms with Crippen LogP contribution < -0.4 is 18.9 Å². The Morgan fingerprint density at radius 1 is 1.08 bits per heavy atom. The second-order valence-corrected chi connectivity index (χ2v) is 18.9. The molecule has 0 saturated carbocycles. The monoisotopic (exact) mass is 305 g/mol. The Balaban J connectivity index is -0.000000142. The van der Waals surface area contributed by atoms with Gasteiger partial charge in [0.15, 0.2) is 0 Å². The Kier molecular flexibility index (Phi) is 18.0. The minimum absolute atomic E-state index is 0. The molecule has 0 saturated heterocycles. The van der Waals surface area contributed by atoms with Gasteiger partial charge in [-0.15, -0.1) is 0 Å². The van der Waals surface area contributed by atoms with Gasteiger partial charge in [-0.3, -0.25) is 5.38 Å². The molecule has 0 aliphatic carbocycles. The van der Waals surface area contributed by atoms with Crippen LogP contribution >= 0.6 is 11.8 Å². The molecule has 69 valence electrons. The molecule has 0 unspecified atom stereocenters. The molecule has 0 aliphatic rings. The van der Waals surface area contributed by atoms with Crippen molar-refractivity contribution in [3.8, 4) is 0 Å². The van der Waals surface area contributed by atoms with E-state index in [0.29, 0.717) is 0 Å².